The van der Waals surface area contributed by atoms with Crippen LogP contribution >= 0.6 is 12.4 Å². The fourth-order valence-corrected chi connectivity index (χ4v) is 0.398. The Bertz CT molecular complexity index is 138. The van der Waals surface area contributed by atoms with Gasteiger partial charge in [-0.1, -0.05) is 6.07 Å². The van der Waals surface area contributed by atoms with Crippen molar-refractivity contribution in [1.82, 2.24) is 4.98 Å². The van der Waals surface area contributed by atoms with E-state index in [1.165, 1.54) is 0 Å². The first kappa shape index (κ1) is 7.44. The summed E-state index contributed by atoms with van der Waals surface area (Å²) in [4.78, 5) is 3.87. The van der Waals surface area contributed by atoms with Crippen molar-refractivity contribution in [2.45, 2.75) is 0 Å². The molecule has 0 spiro atoms. The predicted molar refractivity (Wildman–Crippen MR) is 35.9 cm³/mol. The molecule has 0 aliphatic carbocycles. The van der Waals surface area contributed by atoms with E-state index in [2.05, 4.69) is 11.9 Å². The fraction of sp³-hybridized carbons (Fsp3) is 0. The lowest BCUT2D eigenvalue weighted by Gasteiger charge is -1.82. The molecule has 0 aliphatic heterocycles. The van der Waals surface area contributed by atoms with E-state index in [0.717, 1.165) is 5.69 Å². The Balaban J connectivity index is 0.000000490. The van der Waals surface area contributed by atoms with E-state index in [1.807, 2.05) is 18.2 Å². The Morgan fingerprint density at radius 2 is 2.12 bits per heavy atom. The lowest BCUT2D eigenvalue weighted by atomic mass is 10.4. The zero-order chi connectivity index (χ0) is 5.11. The molecule has 2 heteroatoms. The monoisotopic (exact) mass is 128 g/mol. The molecule has 8 heavy (non-hydrogen) atoms. The van der Waals surface area contributed by atoms with Gasteiger partial charge in [0.25, 0.3) is 0 Å². The van der Waals surface area contributed by atoms with Crippen molar-refractivity contribution >= 4 is 12.4 Å². The second-order valence-electron chi connectivity index (χ2n) is 1.32. The molecule has 1 rings (SSSR count). The van der Waals surface area contributed by atoms with E-state index in [1.54, 1.807) is 6.20 Å². The Labute approximate surface area is 55.2 Å². The van der Waals surface area contributed by atoms with Gasteiger partial charge < -0.3 is 0 Å². The van der Waals surface area contributed by atoms with Crippen LogP contribution < -0.4 is 0 Å². The van der Waals surface area contributed by atoms with Crippen LogP contribution in [0, 0.1) is 6.92 Å². The number of hydrogen-bond donors (Lipinski definition) is 0. The average molecular weight is 129 g/mol. The van der Waals surface area contributed by atoms with Crippen LogP contribution in [0.4, 0.5) is 0 Å². The molecule has 1 aromatic rings. The van der Waals surface area contributed by atoms with Gasteiger partial charge in [0, 0.05) is 11.9 Å². The standard InChI is InChI=1S/C6H6N.ClH/c1-6-4-2-3-5-7-6;/h2-5H,1H2;1H. The van der Waals surface area contributed by atoms with Crippen molar-refractivity contribution in [2.24, 2.45) is 0 Å². The highest BCUT2D eigenvalue weighted by Gasteiger charge is 1.73. The van der Waals surface area contributed by atoms with E-state index in [-0.39, 0.29) is 12.4 Å². The minimum absolute atomic E-state index is 0. The maximum absolute atomic E-state index is 3.87. The van der Waals surface area contributed by atoms with Gasteiger partial charge in [0.2, 0.25) is 0 Å². The predicted octanol–water partition coefficient (Wildman–Crippen LogP) is 1.69. The SMILES string of the molecule is Cl.[CH2]c1ccccn1. The molecule has 1 heterocycles. The average Bonchev–Trinajstić information content (AvgIpc) is 1.69. The van der Waals surface area contributed by atoms with Crippen LogP contribution in [0.25, 0.3) is 0 Å². The van der Waals surface area contributed by atoms with Gasteiger partial charge >= 0.3 is 0 Å². The van der Waals surface area contributed by atoms with Crippen LogP contribution in [0.5, 0.6) is 0 Å². The molecule has 0 bridgehead atoms. The van der Waals surface area contributed by atoms with Gasteiger partial charge in [0.1, 0.15) is 0 Å². The number of pyridine rings is 1. The van der Waals surface area contributed by atoms with Crippen molar-refractivity contribution in [3.8, 4) is 0 Å². The highest BCUT2D eigenvalue weighted by molar-refractivity contribution is 5.85. The Hall–Kier alpha value is -0.560. The van der Waals surface area contributed by atoms with Gasteiger partial charge in [0.15, 0.2) is 0 Å². The van der Waals surface area contributed by atoms with Crippen LogP contribution in [0.3, 0.4) is 0 Å². The van der Waals surface area contributed by atoms with Crippen LogP contribution in [-0.4, -0.2) is 4.98 Å². The summed E-state index contributed by atoms with van der Waals surface area (Å²) in [7, 11) is 0. The number of halogens is 1. The summed E-state index contributed by atoms with van der Waals surface area (Å²) in [5.41, 5.74) is 0.822. The molecule has 1 nitrogen and oxygen atoms in total. The summed E-state index contributed by atoms with van der Waals surface area (Å²) in [5.74, 6) is 0. The minimum Gasteiger partial charge on any atom is -0.261 e. The summed E-state index contributed by atoms with van der Waals surface area (Å²) in [6, 6.07) is 5.64. The zero-order valence-corrected chi connectivity index (χ0v) is 5.19. The van der Waals surface area contributed by atoms with E-state index in [9.17, 15) is 0 Å². The second kappa shape index (κ2) is 3.44. The van der Waals surface area contributed by atoms with E-state index >= 15 is 0 Å². The quantitative estimate of drug-likeness (QED) is 0.518. The van der Waals surface area contributed by atoms with E-state index in [4.69, 9.17) is 0 Å². The van der Waals surface area contributed by atoms with Gasteiger partial charge in [0.05, 0.1) is 0 Å². The van der Waals surface area contributed by atoms with Crippen molar-refractivity contribution in [2.75, 3.05) is 0 Å². The second-order valence-corrected chi connectivity index (χ2v) is 1.32. The Kier molecular flexibility index (Phi) is 3.20. The number of hydrogen-bond acceptors (Lipinski definition) is 1. The number of rotatable bonds is 0. The Morgan fingerprint density at radius 1 is 1.38 bits per heavy atom. The molecular formula is C6H7ClN. The topological polar surface area (TPSA) is 12.9 Å². The first-order valence-electron chi connectivity index (χ1n) is 2.12. The number of nitrogens with zero attached hydrogens (tertiary/aromatic N) is 1. The highest BCUT2D eigenvalue weighted by Crippen LogP contribution is 1.85. The van der Waals surface area contributed by atoms with E-state index < -0.39 is 0 Å². The summed E-state index contributed by atoms with van der Waals surface area (Å²) in [5, 5.41) is 0. The summed E-state index contributed by atoms with van der Waals surface area (Å²) in [6.45, 7) is 3.61. The summed E-state index contributed by atoms with van der Waals surface area (Å²) < 4.78 is 0. The van der Waals surface area contributed by atoms with Crippen molar-refractivity contribution in [3.05, 3.63) is 37.0 Å². The Morgan fingerprint density at radius 3 is 2.38 bits per heavy atom. The number of aromatic nitrogens is 1. The van der Waals surface area contributed by atoms with E-state index in [0.29, 0.717) is 0 Å². The van der Waals surface area contributed by atoms with Crippen molar-refractivity contribution in [1.29, 1.82) is 0 Å². The molecule has 1 aromatic heterocycles. The van der Waals surface area contributed by atoms with Crippen LogP contribution in [0.15, 0.2) is 24.4 Å². The van der Waals surface area contributed by atoms with Crippen LogP contribution in [0.2, 0.25) is 0 Å². The van der Waals surface area contributed by atoms with Gasteiger partial charge in [-0.25, -0.2) is 0 Å². The molecule has 0 atom stereocenters. The van der Waals surface area contributed by atoms with Crippen LogP contribution in [0.1, 0.15) is 5.69 Å². The largest absolute Gasteiger partial charge is 0.261 e. The molecule has 43 valence electrons. The van der Waals surface area contributed by atoms with Crippen molar-refractivity contribution in [3.63, 3.8) is 0 Å². The molecule has 0 saturated heterocycles. The fourth-order valence-electron chi connectivity index (χ4n) is 0.398. The smallest absolute Gasteiger partial charge is 0.0407 e. The lowest BCUT2D eigenvalue weighted by molar-refractivity contribution is 1.27. The third-order valence-electron chi connectivity index (χ3n) is 0.726. The molecular weight excluding hydrogens is 122 g/mol. The van der Waals surface area contributed by atoms with Gasteiger partial charge in [-0.15, -0.1) is 12.4 Å². The van der Waals surface area contributed by atoms with Gasteiger partial charge in [-0.3, -0.25) is 4.98 Å². The highest BCUT2D eigenvalue weighted by atomic mass is 35.5. The molecule has 0 N–H and O–H groups in total. The first-order chi connectivity index (χ1) is 3.39. The minimum atomic E-state index is 0. The zero-order valence-electron chi connectivity index (χ0n) is 4.37. The van der Waals surface area contributed by atoms with Crippen molar-refractivity contribution < 1.29 is 0 Å². The third-order valence-corrected chi connectivity index (χ3v) is 0.726. The molecule has 0 unspecified atom stereocenters. The first-order valence-corrected chi connectivity index (χ1v) is 2.12. The van der Waals surface area contributed by atoms with Gasteiger partial charge in [-0.05, 0) is 19.1 Å². The molecule has 0 amide bonds. The van der Waals surface area contributed by atoms with Gasteiger partial charge in [-0.2, -0.15) is 0 Å². The molecule has 0 saturated carbocycles. The lowest BCUT2D eigenvalue weighted by Crippen LogP contribution is -1.72. The van der Waals surface area contributed by atoms with Crippen LogP contribution in [-0.2, 0) is 0 Å². The molecule has 0 aromatic carbocycles. The molecule has 0 fully saturated rings. The molecule has 1 radical (unpaired) electrons. The maximum atomic E-state index is 3.87. The maximum Gasteiger partial charge on any atom is 0.0407 e. The third kappa shape index (κ3) is 1.94. The normalized spacial score (nSPS) is 7.62. The summed E-state index contributed by atoms with van der Waals surface area (Å²) >= 11 is 0. The summed E-state index contributed by atoms with van der Waals surface area (Å²) in [6.07, 6.45) is 1.72. The molecule has 0 aliphatic rings.